The van der Waals surface area contributed by atoms with Crippen LogP contribution in [0.3, 0.4) is 0 Å². The molecule has 2 aromatic carbocycles. The molecular weight excluding hydrogens is 370 g/mol. The molecule has 0 spiro atoms. The second-order valence-electron chi connectivity index (χ2n) is 6.80. The molecule has 0 saturated carbocycles. The highest BCUT2D eigenvalue weighted by molar-refractivity contribution is 6.02. The summed E-state index contributed by atoms with van der Waals surface area (Å²) < 4.78 is 6.40. The number of carbonyl (C=O) groups excluding carboxylic acids is 2. The summed E-state index contributed by atoms with van der Waals surface area (Å²) in [5, 5.41) is 7.75. The Morgan fingerprint density at radius 3 is 2.41 bits per heavy atom. The Morgan fingerprint density at radius 2 is 1.72 bits per heavy atom. The van der Waals surface area contributed by atoms with Crippen molar-refractivity contribution in [3.8, 4) is 0 Å². The fourth-order valence-electron chi connectivity index (χ4n) is 2.87. The molecule has 1 amide bonds. The fraction of sp³-hybridized carbons (Fsp3) is 0.273. The lowest BCUT2D eigenvalue weighted by Gasteiger charge is -2.13. The molecule has 3 rings (SSSR count). The molecule has 0 aliphatic heterocycles. The van der Waals surface area contributed by atoms with Crippen LogP contribution in [0.4, 0.5) is 0 Å². The van der Waals surface area contributed by atoms with Gasteiger partial charge in [0.15, 0.2) is 12.3 Å². The average Bonchev–Trinajstić information content (AvgIpc) is 2.74. The van der Waals surface area contributed by atoms with Crippen molar-refractivity contribution >= 4 is 22.6 Å². The summed E-state index contributed by atoms with van der Waals surface area (Å²) in [6.07, 6.45) is 0.774. The van der Waals surface area contributed by atoms with Crippen LogP contribution in [0.15, 0.2) is 59.4 Å². The number of amides is 1. The maximum atomic E-state index is 12.8. The van der Waals surface area contributed by atoms with Crippen LogP contribution in [0, 0.1) is 0 Å². The molecule has 29 heavy (non-hydrogen) atoms. The molecule has 1 heterocycles. The van der Waals surface area contributed by atoms with Crippen molar-refractivity contribution < 1.29 is 14.3 Å². The normalized spacial score (nSPS) is 11.8. The Kier molecular flexibility index (Phi) is 6.39. The van der Waals surface area contributed by atoms with Gasteiger partial charge >= 0.3 is 5.97 Å². The van der Waals surface area contributed by atoms with E-state index >= 15 is 0 Å². The molecule has 150 valence electrons. The van der Waals surface area contributed by atoms with Gasteiger partial charge in [0.05, 0.1) is 11.9 Å². The van der Waals surface area contributed by atoms with Crippen LogP contribution in [0.25, 0.3) is 10.8 Å². The average molecular weight is 393 g/mol. The number of carbonyl (C=O) groups is 2. The molecule has 0 saturated heterocycles. The highest BCUT2D eigenvalue weighted by atomic mass is 16.5. The molecule has 0 unspecified atom stereocenters. The minimum Gasteiger partial charge on any atom is -0.451 e. The number of fused-ring (bicyclic) bond motifs is 1. The number of benzene rings is 2. The number of nitrogens with one attached hydrogen (secondary N) is 1. The standard InChI is InChI=1S/C22H23N3O4/c1-3-15(2)23-19(26)14-29-22(28)20-17-11-7-8-12-18(17)21(27)25(24-20)13-16-9-5-4-6-10-16/h4-12,15H,3,13-14H2,1-2H3,(H,23,26)/t15-/m0/s1. The number of ether oxygens (including phenoxy) is 1. The number of hydrogen-bond acceptors (Lipinski definition) is 5. The number of esters is 1. The van der Waals surface area contributed by atoms with Gasteiger partial charge in [0, 0.05) is 11.4 Å². The van der Waals surface area contributed by atoms with E-state index in [0.29, 0.717) is 10.8 Å². The zero-order valence-electron chi connectivity index (χ0n) is 16.4. The number of rotatable bonds is 7. The maximum absolute atomic E-state index is 12.8. The summed E-state index contributed by atoms with van der Waals surface area (Å²) in [4.78, 5) is 37.4. The lowest BCUT2D eigenvalue weighted by Crippen LogP contribution is -2.35. The predicted octanol–water partition coefficient (Wildman–Crippen LogP) is 2.52. The van der Waals surface area contributed by atoms with Gasteiger partial charge in [-0.1, -0.05) is 55.5 Å². The van der Waals surface area contributed by atoms with Crippen LogP contribution in [0.2, 0.25) is 0 Å². The quantitative estimate of drug-likeness (QED) is 0.623. The molecule has 0 aliphatic carbocycles. The van der Waals surface area contributed by atoms with Crippen molar-refractivity contribution in [2.24, 2.45) is 0 Å². The van der Waals surface area contributed by atoms with Gasteiger partial charge in [-0.3, -0.25) is 9.59 Å². The lowest BCUT2D eigenvalue weighted by atomic mass is 10.1. The van der Waals surface area contributed by atoms with Gasteiger partial charge < -0.3 is 10.1 Å². The van der Waals surface area contributed by atoms with E-state index in [1.54, 1.807) is 24.3 Å². The van der Waals surface area contributed by atoms with Crippen LogP contribution in [-0.2, 0) is 16.1 Å². The van der Waals surface area contributed by atoms with Crippen molar-refractivity contribution in [2.75, 3.05) is 6.61 Å². The van der Waals surface area contributed by atoms with Gasteiger partial charge in [0.1, 0.15) is 0 Å². The van der Waals surface area contributed by atoms with E-state index in [9.17, 15) is 14.4 Å². The topological polar surface area (TPSA) is 90.3 Å². The molecule has 0 radical (unpaired) electrons. The number of hydrogen-bond donors (Lipinski definition) is 1. The van der Waals surface area contributed by atoms with Crippen LogP contribution in [0.5, 0.6) is 0 Å². The molecule has 1 N–H and O–H groups in total. The summed E-state index contributed by atoms with van der Waals surface area (Å²) in [5.41, 5.74) is 0.590. The number of nitrogens with zero attached hydrogens (tertiary/aromatic N) is 2. The minimum absolute atomic E-state index is 0.00654. The summed E-state index contributed by atoms with van der Waals surface area (Å²) in [7, 11) is 0. The Labute approximate surface area is 168 Å². The second-order valence-corrected chi connectivity index (χ2v) is 6.80. The van der Waals surface area contributed by atoms with Crippen molar-refractivity contribution in [1.29, 1.82) is 0 Å². The molecule has 7 heteroatoms. The molecule has 3 aromatic rings. The Hall–Kier alpha value is -3.48. The SMILES string of the molecule is CC[C@H](C)NC(=O)COC(=O)c1nn(Cc2ccccc2)c(=O)c2ccccc12. The summed E-state index contributed by atoms with van der Waals surface area (Å²) in [5.74, 6) is -1.13. The van der Waals surface area contributed by atoms with Crippen LogP contribution < -0.4 is 10.9 Å². The minimum atomic E-state index is -0.748. The molecule has 0 fully saturated rings. The van der Waals surface area contributed by atoms with E-state index in [2.05, 4.69) is 10.4 Å². The lowest BCUT2D eigenvalue weighted by molar-refractivity contribution is -0.124. The van der Waals surface area contributed by atoms with Gasteiger partial charge in [0.25, 0.3) is 11.5 Å². The Morgan fingerprint density at radius 1 is 1.07 bits per heavy atom. The molecule has 0 aliphatic rings. The van der Waals surface area contributed by atoms with Gasteiger partial charge in [-0.05, 0) is 25.0 Å². The third kappa shape index (κ3) is 4.87. The van der Waals surface area contributed by atoms with E-state index in [4.69, 9.17) is 4.74 Å². The van der Waals surface area contributed by atoms with Crippen molar-refractivity contribution in [3.63, 3.8) is 0 Å². The summed E-state index contributed by atoms with van der Waals surface area (Å²) in [6.45, 7) is 3.63. The monoisotopic (exact) mass is 393 g/mol. The van der Waals surface area contributed by atoms with Gasteiger partial charge in [-0.2, -0.15) is 5.10 Å². The van der Waals surface area contributed by atoms with Gasteiger partial charge in [-0.25, -0.2) is 9.48 Å². The van der Waals surface area contributed by atoms with Gasteiger partial charge in [-0.15, -0.1) is 0 Å². The molecule has 1 atom stereocenters. The van der Waals surface area contributed by atoms with Crippen molar-refractivity contribution in [3.05, 3.63) is 76.2 Å². The fourth-order valence-corrected chi connectivity index (χ4v) is 2.87. The first-order chi connectivity index (χ1) is 14.0. The zero-order valence-corrected chi connectivity index (χ0v) is 16.4. The highest BCUT2D eigenvalue weighted by Crippen LogP contribution is 2.15. The second kappa shape index (κ2) is 9.14. The third-order valence-electron chi connectivity index (χ3n) is 4.59. The first-order valence-electron chi connectivity index (χ1n) is 9.50. The molecular formula is C22H23N3O4. The molecule has 1 aromatic heterocycles. The first-order valence-corrected chi connectivity index (χ1v) is 9.50. The van der Waals surface area contributed by atoms with E-state index in [1.807, 2.05) is 44.2 Å². The summed E-state index contributed by atoms with van der Waals surface area (Å²) in [6, 6.07) is 16.1. The van der Waals surface area contributed by atoms with Crippen LogP contribution in [-0.4, -0.2) is 34.3 Å². The predicted molar refractivity (Wildman–Crippen MR) is 110 cm³/mol. The highest BCUT2D eigenvalue weighted by Gasteiger charge is 2.19. The van der Waals surface area contributed by atoms with E-state index < -0.39 is 12.6 Å². The zero-order chi connectivity index (χ0) is 20.8. The Balaban J connectivity index is 1.90. The molecule has 7 nitrogen and oxygen atoms in total. The van der Waals surface area contributed by atoms with Crippen molar-refractivity contribution in [2.45, 2.75) is 32.9 Å². The van der Waals surface area contributed by atoms with E-state index in [0.717, 1.165) is 12.0 Å². The number of aromatic nitrogens is 2. The molecule has 0 bridgehead atoms. The Bertz CT molecular complexity index is 1080. The third-order valence-corrected chi connectivity index (χ3v) is 4.59. The van der Waals surface area contributed by atoms with Gasteiger partial charge in [0.2, 0.25) is 0 Å². The smallest absolute Gasteiger partial charge is 0.359 e. The van der Waals surface area contributed by atoms with E-state index in [-0.39, 0.29) is 29.7 Å². The first kappa shape index (κ1) is 20.3. The van der Waals surface area contributed by atoms with Crippen LogP contribution in [0.1, 0.15) is 36.3 Å². The maximum Gasteiger partial charge on any atom is 0.359 e. The van der Waals surface area contributed by atoms with E-state index in [1.165, 1.54) is 4.68 Å². The van der Waals surface area contributed by atoms with Crippen LogP contribution >= 0.6 is 0 Å². The largest absolute Gasteiger partial charge is 0.451 e. The summed E-state index contributed by atoms with van der Waals surface area (Å²) >= 11 is 0. The van der Waals surface area contributed by atoms with Crippen molar-refractivity contribution in [1.82, 2.24) is 15.1 Å².